The van der Waals surface area contributed by atoms with Crippen molar-refractivity contribution in [2.75, 3.05) is 13.1 Å². The summed E-state index contributed by atoms with van der Waals surface area (Å²) in [5.74, 6) is 0.218. The smallest absolute Gasteiger partial charge is 0.224 e. The Labute approximate surface area is 97.3 Å². The molecule has 1 aromatic rings. The summed E-state index contributed by atoms with van der Waals surface area (Å²) in [5, 5.41) is 0. The van der Waals surface area contributed by atoms with Crippen LogP contribution in [0.1, 0.15) is 31.7 Å². The number of aryl methyl sites for hydroxylation is 2. The van der Waals surface area contributed by atoms with Gasteiger partial charge in [0.25, 0.3) is 0 Å². The summed E-state index contributed by atoms with van der Waals surface area (Å²) in [4.78, 5) is 17.9. The average Bonchev–Trinajstić information content (AvgIpc) is 2.59. The molecule has 0 aliphatic rings. The van der Waals surface area contributed by atoms with Crippen molar-refractivity contribution >= 4 is 5.91 Å². The maximum Gasteiger partial charge on any atom is 0.224 e. The molecule has 0 radical (unpaired) electrons. The maximum absolute atomic E-state index is 11.8. The van der Waals surface area contributed by atoms with Crippen LogP contribution in [-0.4, -0.2) is 33.4 Å². The summed E-state index contributed by atoms with van der Waals surface area (Å²) in [6.45, 7) is 10.3. The Bertz CT molecular complexity index is 353. The quantitative estimate of drug-likeness (QED) is 0.763. The zero-order valence-corrected chi connectivity index (χ0v) is 10.7. The lowest BCUT2D eigenvalue weighted by Gasteiger charge is -2.18. The monoisotopic (exact) mass is 223 g/mol. The number of amides is 1. The third-order valence-electron chi connectivity index (χ3n) is 3.03. The molecule has 0 unspecified atom stereocenters. The molecule has 1 aromatic heterocycles. The molecular formula is C12H21N3O. The van der Waals surface area contributed by atoms with Gasteiger partial charge in [-0.3, -0.25) is 4.79 Å². The number of carbonyl (C=O) groups excluding carboxylic acids is 1. The molecule has 0 bridgehead atoms. The van der Waals surface area contributed by atoms with Crippen LogP contribution < -0.4 is 0 Å². The van der Waals surface area contributed by atoms with E-state index in [1.165, 1.54) is 0 Å². The Kier molecular flexibility index (Phi) is 4.52. The standard InChI is InChI=1S/C12H21N3O/c1-5-14(6-2)12(16)7-8-15-9-13-10(3)11(15)4/h9H,5-8H2,1-4H3. The van der Waals surface area contributed by atoms with Gasteiger partial charge in [-0.25, -0.2) is 4.98 Å². The van der Waals surface area contributed by atoms with E-state index in [0.717, 1.165) is 31.0 Å². The van der Waals surface area contributed by atoms with Gasteiger partial charge in [0, 0.05) is 31.7 Å². The summed E-state index contributed by atoms with van der Waals surface area (Å²) in [6, 6.07) is 0. The van der Waals surface area contributed by atoms with Crippen LogP contribution in [0.15, 0.2) is 6.33 Å². The number of rotatable bonds is 5. The van der Waals surface area contributed by atoms with Crippen molar-refractivity contribution < 1.29 is 4.79 Å². The van der Waals surface area contributed by atoms with Gasteiger partial charge in [-0.1, -0.05) is 0 Å². The lowest BCUT2D eigenvalue weighted by Crippen LogP contribution is -2.31. The van der Waals surface area contributed by atoms with E-state index in [1.54, 1.807) is 6.33 Å². The van der Waals surface area contributed by atoms with Crippen molar-refractivity contribution in [1.82, 2.24) is 14.5 Å². The Morgan fingerprint density at radius 1 is 1.38 bits per heavy atom. The fourth-order valence-electron chi connectivity index (χ4n) is 1.72. The van der Waals surface area contributed by atoms with Crippen LogP contribution in [0, 0.1) is 13.8 Å². The first-order chi connectivity index (χ1) is 7.60. The Balaban J connectivity index is 2.52. The van der Waals surface area contributed by atoms with E-state index in [0.29, 0.717) is 6.42 Å². The summed E-state index contributed by atoms with van der Waals surface area (Å²) in [5.41, 5.74) is 2.18. The van der Waals surface area contributed by atoms with Gasteiger partial charge < -0.3 is 9.47 Å². The summed E-state index contributed by atoms with van der Waals surface area (Å²) >= 11 is 0. The van der Waals surface area contributed by atoms with Crippen LogP contribution in [0.4, 0.5) is 0 Å². The highest BCUT2D eigenvalue weighted by Crippen LogP contribution is 2.06. The van der Waals surface area contributed by atoms with Gasteiger partial charge in [-0.15, -0.1) is 0 Å². The van der Waals surface area contributed by atoms with Crippen LogP contribution in [0.2, 0.25) is 0 Å². The highest BCUT2D eigenvalue weighted by molar-refractivity contribution is 5.76. The van der Waals surface area contributed by atoms with E-state index < -0.39 is 0 Å². The number of nitrogens with zero attached hydrogens (tertiary/aromatic N) is 3. The van der Waals surface area contributed by atoms with Crippen molar-refractivity contribution in [3.05, 3.63) is 17.7 Å². The lowest BCUT2D eigenvalue weighted by atomic mass is 10.3. The van der Waals surface area contributed by atoms with Crippen LogP contribution in [0.3, 0.4) is 0 Å². The third kappa shape index (κ3) is 2.84. The van der Waals surface area contributed by atoms with Gasteiger partial charge in [0.05, 0.1) is 12.0 Å². The molecule has 0 saturated carbocycles. The molecule has 16 heavy (non-hydrogen) atoms. The third-order valence-corrected chi connectivity index (χ3v) is 3.03. The van der Waals surface area contributed by atoms with Crippen LogP contribution >= 0.6 is 0 Å². The SMILES string of the molecule is CCN(CC)C(=O)CCn1cnc(C)c1C. The molecule has 0 N–H and O–H groups in total. The van der Waals surface area contributed by atoms with Crippen LogP contribution in [0.25, 0.3) is 0 Å². The minimum Gasteiger partial charge on any atom is -0.343 e. The van der Waals surface area contributed by atoms with Crippen molar-refractivity contribution in [2.24, 2.45) is 0 Å². The van der Waals surface area contributed by atoms with Crippen LogP contribution in [0.5, 0.6) is 0 Å². The molecular weight excluding hydrogens is 202 g/mol. The van der Waals surface area contributed by atoms with E-state index in [1.807, 2.05) is 37.2 Å². The van der Waals surface area contributed by atoms with E-state index in [-0.39, 0.29) is 5.91 Å². The number of imidazole rings is 1. The normalized spacial score (nSPS) is 10.5. The fraction of sp³-hybridized carbons (Fsp3) is 0.667. The highest BCUT2D eigenvalue weighted by atomic mass is 16.2. The van der Waals surface area contributed by atoms with Crippen molar-refractivity contribution in [2.45, 2.75) is 40.7 Å². The topological polar surface area (TPSA) is 38.1 Å². The van der Waals surface area contributed by atoms with E-state index in [4.69, 9.17) is 0 Å². The van der Waals surface area contributed by atoms with Gasteiger partial charge in [0.1, 0.15) is 0 Å². The van der Waals surface area contributed by atoms with Gasteiger partial charge in [0.2, 0.25) is 5.91 Å². The average molecular weight is 223 g/mol. The zero-order chi connectivity index (χ0) is 12.1. The predicted octanol–water partition coefficient (Wildman–Crippen LogP) is 1.76. The Morgan fingerprint density at radius 2 is 2.00 bits per heavy atom. The molecule has 0 fully saturated rings. The number of hydrogen-bond donors (Lipinski definition) is 0. The summed E-state index contributed by atoms with van der Waals surface area (Å²) in [6.07, 6.45) is 2.36. The molecule has 4 heteroatoms. The molecule has 0 atom stereocenters. The van der Waals surface area contributed by atoms with E-state index in [9.17, 15) is 4.79 Å². The Morgan fingerprint density at radius 3 is 2.44 bits per heavy atom. The van der Waals surface area contributed by atoms with Crippen LogP contribution in [-0.2, 0) is 11.3 Å². The molecule has 0 aromatic carbocycles. The molecule has 0 aliphatic carbocycles. The Hall–Kier alpha value is -1.32. The van der Waals surface area contributed by atoms with E-state index in [2.05, 4.69) is 4.98 Å². The molecule has 1 heterocycles. The van der Waals surface area contributed by atoms with Crippen molar-refractivity contribution in [3.8, 4) is 0 Å². The molecule has 1 amide bonds. The minimum atomic E-state index is 0.218. The largest absolute Gasteiger partial charge is 0.343 e. The molecule has 90 valence electrons. The second kappa shape index (κ2) is 5.68. The zero-order valence-electron chi connectivity index (χ0n) is 10.7. The molecule has 1 rings (SSSR count). The molecule has 0 spiro atoms. The molecule has 4 nitrogen and oxygen atoms in total. The molecule has 0 saturated heterocycles. The lowest BCUT2D eigenvalue weighted by molar-refractivity contribution is -0.131. The number of hydrogen-bond acceptors (Lipinski definition) is 2. The highest BCUT2D eigenvalue weighted by Gasteiger charge is 2.10. The van der Waals surface area contributed by atoms with Gasteiger partial charge >= 0.3 is 0 Å². The van der Waals surface area contributed by atoms with E-state index >= 15 is 0 Å². The summed E-state index contributed by atoms with van der Waals surface area (Å²) in [7, 11) is 0. The molecule has 0 aliphatic heterocycles. The first kappa shape index (κ1) is 12.7. The maximum atomic E-state index is 11.8. The van der Waals surface area contributed by atoms with Crippen molar-refractivity contribution in [1.29, 1.82) is 0 Å². The summed E-state index contributed by atoms with van der Waals surface area (Å²) < 4.78 is 2.04. The van der Waals surface area contributed by atoms with Crippen molar-refractivity contribution in [3.63, 3.8) is 0 Å². The minimum absolute atomic E-state index is 0.218. The second-order valence-corrected chi connectivity index (χ2v) is 3.92. The number of carbonyl (C=O) groups is 1. The van der Waals surface area contributed by atoms with Gasteiger partial charge in [-0.05, 0) is 27.7 Å². The fourth-order valence-corrected chi connectivity index (χ4v) is 1.72. The second-order valence-electron chi connectivity index (χ2n) is 3.92. The van der Waals surface area contributed by atoms with Gasteiger partial charge in [0.15, 0.2) is 0 Å². The number of aromatic nitrogens is 2. The van der Waals surface area contributed by atoms with Gasteiger partial charge in [-0.2, -0.15) is 0 Å². The first-order valence-corrected chi connectivity index (χ1v) is 5.86. The first-order valence-electron chi connectivity index (χ1n) is 5.86. The predicted molar refractivity (Wildman–Crippen MR) is 64.2 cm³/mol.